The fourth-order valence-corrected chi connectivity index (χ4v) is 2.14. The molecule has 0 fully saturated rings. The summed E-state index contributed by atoms with van der Waals surface area (Å²) in [4.78, 5) is 22.5. The van der Waals surface area contributed by atoms with E-state index in [4.69, 9.17) is 5.11 Å². The third-order valence-electron chi connectivity index (χ3n) is 2.61. The number of nitrogens with one attached hydrogen (secondary N) is 1. The molecular weight excluding hydrogens is 345 g/mol. The van der Waals surface area contributed by atoms with Gasteiger partial charge in [0.15, 0.2) is 0 Å². The van der Waals surface area contributed by atoms with Crippen molar-refractivity contribution >= 4 is 34.5 Å². The van der Waals surface area contributed by atoms with Crippen LogP contribution in [-0.4, -0.2) is 23.0 Å². The Labute approximate surface area is 120 Å². The molecule has 0 aliphatic rings. The predicted octanol–water partition coefficient (Wildman–Crippen LogP) is 2.58. The number of aliphatic carboxylic acids is 1. The summed E-state index contributed by atoms with van der Waals surface area (Å²) in [6, 6.07) is 5.42. The third-order valence-corrected chi connectivity index (χ3v) is 4.04. The zero-order valence-corrected chi connectivity index (χ0v) is 12.5. The highest BCUT2D eigenvalue weighted by Gasteiger charge is 2.14. The summed E-state index contributed by atoms with van der Waals surface area (Å²) in [5, 5.41) is 11.4. The molecule has 0 saturated carbocycles. The monoisotopic (exact) mass is 361 g/mol. The maximum absolute atomic E-state index is 12.0. The van der Waals surface area contributed by atoms with E-state index in [0.717, 1.165) is 9.13 Å². The lowest BCUT2D eigenvalue weighted by molar-refractivity contribution is -0.137. The molecule has 5 heteroatoms. The highest BCUT2D eigenvalue weighted by Crippen LogP contribution is 2.16. The molecular formula is C13H16INO3. The Kier molecular flexibility index (Phi) is 5.58. The number of carbonyl (C=O) groups excluding carboxylic acids is 1. The summed E-state index contributed by atoms with van der Waals surface area (Å²) in [6.07, 6.45) is 0.496. The van der Waals surface area contributed by atoms with Crippen LogP contribution >= 0.6 is 22.6 Å². The van der Waals surface area contributed by atoms with E-state index in [1.54, 1.807) is 6.07 Å². The fraction of sp³-hybridized carbons (Fsp3) is 0.385. The van der Waals surface area contributed by atoms with E-state index in [0.29, 0.717) is 12.0 Å². The molecule has 0 radical (unpaired) electrons. The highest BCUT2D eigenvalue weighted by atomic mass is 127. The van der Waals surface area contributed by atoms with Crippen LogP contribution in [0, 0.1) is 10.5 Å². The first kappa shape index (κ1) is 14.9. The second-order valence-electron chi connectivity index (χ2n) is 4.24. The summed E-state index contributed by atoms with van der Waals surface area (Å²) >= 11 is 2.14. The van der Waals surface area contributed by atoms with E-state index >= 15 is 0 Å². The SMILES string of the molecule is Cc1cccc(C(=O)NC(C)CCC(=O)O)c1I. The van der Waals surface area contributed by atoms with Crippen molar-refractivity contribution in [1.82, 2.24) is 5.32 Å². The summed E-state index contributed by atoms with van der Waals surface area (Å²) < 4.78 is 0.929. The minimum atomic E-state index is -0.846. The average Bonchev–Trinajstić information content (AvgIpc) is 2.30. The lowest BCUT2D eigenvalue weighted by Crippen LogP contribution is -2.33. The maximum Gasteiger partial charge on any atom is 0.303 e. The molecule has 18 heavy (non-hydrogen) atoms. The van der Waals surface area contributed by atoms with Gasteiger partial charge in [0.2, 0.25) is 0 Å². The highest BCUT2D eigenvalue weighted by molar-refractivity contribution is 14.1. The van der Waals surface area contributed by atoms with E-state index in [1.807, 2.05) is 26.0 Å². The van der Waals surface area contributed by atoms with Crippen molar-refractivity contribution in [2.24, 2.45) is 0 Å². The van der Waals surface area contributed by atoms with E-state index in [9.17, 15) is 9.59 Å². The van der Waals surface area contributed by atoms with Crippen LogP contribution in [0.15, 0.2) is 18.2 Å². The smallest absolute Gasteiger partial charge is 0.303 e. The van der Waals surface area contributed by atoms with Crippen molar-refractivity contribution in [3.63, 3.8) is 0 Å². The van der Waals surface area contributed by atoms with Gasteiger partial charge in [-0.3, -0.25) is 9.59 Å². The van der Waals surface area contributed by atoms with Crippen LogP contribution in [0.1, 0.15) is 35.7 Å². The molecule has 1 rings (SSSR count). The number of hydrogen-bond acceptors (Lipinski definition) is 2. The first-order valence-corrected chi connectivity index (χ1v) is 6.77. The van der Waals surface area contributed by atoms with E-state index in [-0.39, 0.29) is 18.4 Å². The Bertz CT molecular complexity index is 460. The number of carboxylic acids is 1. The fourth-order valence-electron chi connectivity index (χ4n) is 1.54. The van der Waals surface area contributed by atoms with Gasteiger partial charge in [0.05, 0.1) is 5.56 Å². The molecule has 0 bridgehead atoms. The number of aryl methyl sites for hydroxylation is 1. The summed E-state index contributed by atoms with van der Waals surface area (Å²) in [5.41, 5.74) is 1.69. The summed E-state index contributed by atoms with van der Waals surface area (Å²) in [7, 11) is 0. The van der Waals surface area contributed by atoms with Crippen LogP contribution in [0.25, 0.3) is 0 Å². The average molecular weight is 361 g/mol. The molecule has 1 amide bonds. The molecule has 98 valence electrons. The van der Waals surface area contributed by atoms with Crippen molar-refractivity contribution in [3.8, 4) is 0 Å². The molecule has 2 N–H and O–H groups in total. The molecule has 4 nitrogen and oxygen atoms in total. The molecule has 0 aromatic heterocycles. The number of halogens is 1. The van der Waals surface area contributed by atoms with E-state index in [2.05, 4.69) is 27.9 Å². The van der Waals surface area contributed by atoms with Crippen LogP contribution in [0.5, 0.6) is 0 Å². The summed E-state index contributed by atoms with van der Waals surface area (Å²) in [6.45, 7) is 3.76. The van der Waals surface area contributed by atoms with Crippen LogP contribution in [0.3, 0.4) is 0 Å². The Morgan fingerprint density at radius 2 is 2.11 bits per heavy atom. The van der Waals surface area contributed by atoms with Crippen molar-refractivity contribution < 1.29 is 14.7 Å². The van der Waals surface area contributed by atoms with Gasteiger partial charge in [0.25, 0.3) is 5.91 Å². The Morgan fingerprint density at radius 1 is 1.44 bits per heavy atom. The number of carboxylic acid groups (broad SMARTS) is 1. The molecule has 0 aliphatic carbocycles. The molecule has 1 unspecified atom stereocenters. The van der Waals surface area contributed by atoms with Gasteiger partial charge in [-0.2, -0.15) is 0 Å². The maximum atomic E-state index is 12.0. The van der Waals surface area contributed by atoms with Crippen molar-refractivity contribution in [3.05, 3.63) is 32.9 Å². The van der Waals surface area contributed by atoms with E-state index in [1.165, 1.54) is 0 Å². The van der Waals surface area contributed by atoms with Gasteiger partial charge in [-0.1, -0.05) is 12.1 Å². The lowest BCUT2D eigenvalue weighted by atomic mass is 10.1. The molecule has 0 spiro atoms. The van der Waals surface area contributed by atoms with Crippen molar-refractivity contribution in [2.45, 2.75) is 32.7 Å². The first-order valence-electron chi connectivity index (χ1n) is 5.69. The lowest BCUT2D eigenvalue weighted by Gasteiger charge is -2.14. The number of amides is 1. The Hall–Kier alpha value is -1.11. The van der Waals surface area contributed by atoms with E-state index < -0.39 is 5.97 Å². The normalized spacial score (nSPS) is 11.9. The van der Waals surface area contributed by atoms with Gasteiger partial charge in [0.1, 0.15) is 0 Å². The zero-order valence-electron chi connectivity index (χ0n) is 10.4. The number of benzene rings is 1. The first-order chi connectivity index (χ1) is 8.41. The quantitative estimate of drug-likeness (QED) is 0.793. The zero-order chi connectivity index (χ0) is 13.7. The molecule has 0 saturated heterocycles. The van der Waals surface area contributed by atoms with Crippen LogP contribution in [-0.2, 0) is 4.79 Å². The van der Waals surface area contributed by atoms with Gasteiger partial charge in [-0.25, -0.2) is 0 Å². The van der Waals surface area contributed by atoms with Gasteiger partial charge in [-0.15, -0.1) is 0 Å². The molecule has 0 heterocycles. The topological polar surface area (TPSA) is 66.4 Å². The van der Waals surface area contributed by atoms with Crippen LogP contribution < -0.4 is 5.32 Å². The Morgan fingerprint density at radius 3 is 2.72 bits per heavy atom. The third kappa shape index (κ3) is 4.29. The largest absolute Gasteiger partial charge is 0.481 e. The molecule has 1 atom stereocenters. The molecule has 1 aromatic carbocycles. The minimum absolute atomic E-state index is 0.0619. The number of rotatable bonds is 5. The second kappa shape index (κ2) is 6.72. The van der Waals surface area contributed by atoms with Gasteiger partial charge in [-0.05, 0) is 54.5 Å². The predicted molar refractivity (Wildman–Crippen MR) is 77.7 cm³/mol. The standard InChI is InChI=1S/C13H16INO3/c1-8-4-3-5-10(12(8)14)13(18)15-9(2)6-7-11(16)17/h3-5,9H,6-7H2,1-2H3,(H,15,18)(H,16,17). The summed E-state index contributed by atoms with van der Waals surface area (Å²) in [5.74, 6) is -0.998. The van der Waals surface area contributed by atoms with Gasteiger partial charge >= 0.3 is 5.97 Å². The van der Waals surface area contributed by atoms with Crippen molar-refractivity contribution in [2.75, 3.05) is 0 Å². The molecule has 1 aromatic rings. The molecule has 0 aliphatic heterocycles. The van der Waals surface area contributed by atoms with Gasteiger partial charge in [0, 0.05) is 16.0 Å². The van der Waals surface area contributed by atoms with Crippen LogP contribution in [0.4, 0.5) is 0 Å². The van der Waals surface area contributed by atoms with Gasteiger partial charge < -0.3 is 10.4 Å². The van der Waals surface area contributed by atoms with Crippen LogP contribution in [0.2, 0.25) is 0 Å². The Balaban J connectivity index is 2.65. The van der Waals surface area contributed by atoms with Crippen molar-refractivity contribution in [1.29, 1.82) is 0 Å². The number of hydrogen-bond donors (Lipinski definition) is 2. The minimum Gasteiger partial charge on any atom is -0.481 e. The number of carbonyl (C=O) groups is 2. The second-order valence-corrected chi connectivity index (χ2v) is 5.32.